The summed E-state index contributed by atoms with van der Waals surface area (Å²) in [5.74, 6) is -0.658. The second-order valence-corrected chi connectivity index (χ2v) is 12.3. The topological polar surface area (TPSA) is 114 Å². The largest absolute Gasteiger partial charge is 0.508 e. The number of carbonyl (C=O) groups is 1. The maximum Gasteiger partial charge on any atom is 0.220 e. The fourth-order valence-corrected chi connectivity index (χ4v) is 6.42. The van der Waals surface area contributed by atoms with Gasteiger partial charge in [0.05, 0.1) is 18.1 Å². The number of hydrogen-bond acceptors (Lipinski definition) is 7. The average molecular weight is 668 g/mol. The van der Waals surface area contributed by atoms with Crippen molar-refractivity contribution in [3.05, 3.63) is 126 Å². The molecule has 1 aliphatic rings. The molecule has 9 nitrogen and oxygen atoms in total. The lowest BCUT2D eigenvalue weighted by molar-refractivity contribution is -0.121. The summed E-state index contributed by atoms with van der Waals surface area (Å²) in [7, 11) is 0. The average Bonchev–Trinajstić information content (AvgIpc) is 3.47. The molecule has 0 radical (unpaired) electrons. The molecule has 4 aromatic carbocycles. The van der Waals surface area contributed by atoms with E-state index >= 15 is 0 Å². The van der Waals surface area contributed by atoms with Crippen LogP contribution < -0.4 is 15.1 Å². The molecule has 2 atom stereocenters. The predicted octanol–water partition coefficient (Wildman–Crippen LogP) is 5.48. The van der Waals surface area contributed by atoms with E-state index in [1.807, 2.05) is 22.8 Å². The number of aromatic nitrogens is 2. The molecule has 0 aliphatic carbocycles. The van der Waals surface area contributed by atoms with Crippen molar-refractivity contribution in [2.75, 3.05) is 36.0 Å². The van der Waals surface area contributed by atoms with Crippen molar-refractivity contribution in [2.24, 2.45) is 0 Å². The van der Waals surface area contributed by atoms with Gasteiger partial charge in [0.25, 0.3) is 0 Å². The minimum atomic E-state index is -0.960. The van der Waals surface area contributed by atoms with Crippen molar-refractivity contribution in [1.29, 1.82) is 0 Å². The zero-order valence-electron chi connectivity index (χ0n) is 26.9. The van der Waals surface area contributed by atoms with Gasteiger partial charge < -0.3 is 35.0 Å². The summed E-state index contributed by atoms with van der Waals surface area (Å²) < 4.78 is 30.0. The van der Waals surface area contributed by atoms with Gasteiger partial charge >= 0.3 is 0 Å². The Hall–Kier alpha value is -5.42. The van der Waals surface area contributed by atoms with Crippen LogP contribution in [0, 0.1) is 11.6 Å². The van der Waals surface area contributed by atoms with Gasteiger partial charge in [-0.05, 0) is 66.6 Å². The minimum absolute atomic E-state index is 0.00488. The van der Waals surface area contributed by atoms with E-state index in [1.54, 1.807) is 60.9 Å². The Morgan fingerprint density at radius 3 is 2.35 bits per heavy atom. The van der Waals surface area contributed by atoms with Gasteiger partial charge in [-0.1, -0.05) is 36.4 Å². The molecule has 0 spiro atoms. The van der Waals surface area contributed by atoms with Gasteiger partial charge in [0, 0.05) is 80.3 Å². The van der Waals surface area contributed by atoms with Gasteiger partial charge in [-0.25, -0.2) is 13.8 Å². The summed E-state index contributed by atoms with van der Waals surface area (Å²) in [4.78, 5) is 21.9. The van der Waals surface area contributed by atoms with Crippen molar-refractivity contribution in [1.82, 2.24) is 14.9 Å². The molecule has 5 aromatic rings. The third-order valence-electron chi connectivity index (χ3n) is 8.79. The number of phenols is 2. The van der Waals surface area contributed by atoms with Crippen LogP contribution in [0.1, 0.15) is 24.1 Å². The number of aromatic hydroxyl groups is 2. The molecular formula is C38H39F2N5O4. The number of rotatable bonds is 12. The number of aliphatic hydroxyl groups is 1. The van der Waals surface area contributed by atoms with Crippen LogP contribution in [0.15, 0.2) is 103 Å². The van der Waals surface area contributed by atoms with Gasteiger partial charge in [0.1, 0.15) is 23.1 Å². The molecule has 2 unspecified atom stereocenters. The number of phenolic OH excluding ortho intramolecular Hbond substituents is 2. The monoisotopic (exact) mass is 667 g/mol. The van der Waals surface area contributed by atoms with E-state index in [-0.39, 0.29) is 48.7 Å². The molecule has 1 aromatic heterocycles. The molecule has 1 saturated heterocycles. The van der Waals surface area contributed by atoms with E-state index in [0.29, 0.717) is 49.6 Å². The number of amides is 1. The number of aliphatic hydroxyl groups excluding tert-OH is 1. The quantitative estimate of drug-likeness (QED) is 0.139. The van der Waals surface area contributed by atoms with Crippen molar-refractivity contribution >= 4 is 17.3 Å². The molecule has 254 valence electrons. The standard InChI is InChI=1S/C38H39F2N5O4/c39-28-7-2-6-27(18-28)38-36(44(25-42-38)23-26-5-1-11-33(46)17-26)21-35(48)22-41-37(49)14-13-32-24-43(30-9-3-8-29(40)19-30)15-16-45(32)31-10-4-12-34(47)20-31/h1-12,17-20,25,32,35,46-48H,13-16,21-24H2,(H,41,49). The van der Waals surface area contributed by atoms with Crippen LogP contribution in [0.25, 0.3) is 11.3 Å². The third kappa shape index (κ3) is 8.55. The van der Waals surface area contributed by atoms with Gasteiger partial charge in [-0.15, -0.1) is 0 Å². The smallest absolute Gasteiger partial charge is 0.220 e. The lowest BCUT2D eigenvalue weighted by atomic mass is 10.0. The fraction of sp³-hybridized carbons (Fsp3) is 0.263. The molecule has 1 amide bonds. The first-order chi connectivity index (χ1) is 23.7. The molecule has 0 bridgehead atoms. The van der Waals surface area contributed by atoms with E-state index in [9.17, 15) is 28.9 Å². The van der Waals surface area contributed by atoms with Crippen LogP contribution in [-0.4, -0.2) is 69.1 Å². The number of halogens is 2. The highest BCUT2D eigenvalue weighted by Crippen LogP contribution is 2.29. The second kappa shape index (κ2) is 15.2. The van der Waals surface area contributed by atoms with Crippen molar-refractivity contribution in [2.45, 2.75) is 38.0 Å². The Morgan fingerprint density at radius 1 is 0.878 bits per heavy atom. The summed E-state index contributed by atoms with van der Waals surface area (Å²) >= 11 is 0. The van der Waals surface area contributed by atoms with Gasteiger partial charge in [-0.2, -0.15) is 0 Å². The highest BCUT2D eigenvalue weighted by Gasteiger charge is 2.28. The van der Waals surface area contributed by atoms with Crippen LogP contribution in [0.3, 0.4) is 0 Å². The summed E-state index contributed by atoms with van der Waals surface area (Å²) in [6.07, 6.45) is 1.48. The van der Waals surface area contributed by atoms with Gasteiger partial charge in [-0.3, -0.25) is 4.79 Å². The lowest BCUT2D eigenvalue weighted by Crippen LogP contribution is -2.54. The van der Waals surface area contributed by atoms with Crippen LogP contribution >= 0.6 is 0 Å². The number of anilines is 2. The number of nitrogens with zero attached hydrogens (tertiary/aromatic N) is 4. The van der Waals surface area contributed by atoms with Crippen LogP contribution in [-0.2, 0) is 17.8 Å². The Labute approximate surface area is 283 Å². The Bertz CT molecular complexity index is 1900. The fourth-order valence-electron chi connectivity index (χ4n) is 6.42. The first-order valence-corrected chi connectivity index (χ1v) is 16.3. The third-order valence-corrected chi connectivity index (χ3v) is 8.79. The normalized spacial score (nSPS) is 15.3. The molecule has 1 aliphatic heterocycles. The van der Waals surface area contributed by atoms with Crippen LogP contribution in [0.4, 0.5) is 20.2 Å². The van der Waals surface area contributed by atoms with Crippen molar-refractivity contribution < 1.29 is 28.9 Å². The molecule has 0 saturated carbocycles. The number of carbonyl (C=O) groups excluding carboxylic acids is 1. The summed E-state index contributed by atoms with van der Waals surface area (Å²) in [5.41, 5.74) is 4.20. The van der Waals surface area contributed by atoms with Gasteiger partial charge in [0.15, 0.2) is 0 Å². The van der Waals surface area contributed by atoms with Crippen molar-refractivity contribution in [3.63, 3.8) is 0 Å². The zero-order valence-corrected chi connectivity index (χ0v) is 26.9. The first-order valence-electron chi connectivity index (χ1n) is 16.3. The van der Waals surface area contributed by atoms with E-state index < -0.39 is 11.9 Å². The maximum atomic E-state index is 14.1. The maximum absolute atomic E-state index is 14.1. The van der Waals surface area contributed by atoms with Crippen LogP contribution in [0.5, 0.6) is 11.5 Å². The molecule has 11 heteroatoms. The molecular weight excluding hydrogens is 628 g/mol. The van der Waals surface area contributed by atoms with E-state index in [1.165, 1.54) is 24.3 Å². The van der Waals surface area contributed by atoms with Gasteiger partial charge in [0.2, 0.25) is 5.91 Å². The summed E-state index contributed by atoms with van der Waals surface area (Å²) in [6.45, 7) is 2.19. The molecule has 6 rings (SSSR count). The van der Waals surface area contributed by atoms with E-state index in [2.05, 4.69) is 20.1 Å². The molecule has 4 N–H and O–H groups in total. The number of piperazine rings is 1. The van der Waals surface area contributed by atoms with Crippen molar-refractivity contribution in [3.8, 4) is 22.8 Å². The highest BCUT2D eigenvalue weighted by molar-refractivity contribution is 5.76. The summed E-state index contributed by atoms with van der Waals surface area (Å²) in [6, 6.07) is 26.3. The lowest BCUT2D eigenvalue weighted by Gasteiger charge is -2.44. The predicted molar refractivity (Wildman–Crippen MR) is 185 cm³/mol. The zero-order chi connectivity index (χ0) is 34.3. The van der Waals surface area contributed by atoms with E-state index in [0.717, 1.165) is 16.9 Å². The number of benzene rings is 4. The number of nitrogens with one attached hydrogen (secondary N) is 1. The number of imidazole rings is 1. The summed E-state index contributed by atoms with van der Waals surface area (Å²) in [5, 5.41) is 34.0. The molecule has 1 fully saturated rings. The first kappa shape index (κ1) is 33.5. The van der Waals surface area contributed by atoms with Crippen LogP contribution in [0.2, 0.25) is 0 Å². The van der Waals surface area contributed by atoms with E-state index in [4.69, 9.17) is 0 Å². The highest BCUT2D eigenvalue weighted by atomic mass is 19.1. The Morgan fingerprint density at radius 2 is 1.59 bits per heavy atom. The number of hydrogen-bond donors (Lipinski definition) is 4. The SMILES string of the molecule is O=C(CCC1CN(c2cccc(F)c2)CCN1c1cccc(O)c1)NCC(O)Cc1c(-c2cccc(F)c2)ncn1Cc1cccc(O)c1. The Balaban J connectivity index is 1.11. The molecule has 49 heavy (non-hydrogen) atoms. The Kier molecular flexibility index (Phi) is 10.4. The second-order valence-electron chi connectivity index (χ2n) is 12.3. The minimum Gasteiger partial charge on any atom is -0.508 e. The molecule has 2 heterocycles.